The van der Waals surface area contributed by atoms with E-state index in [2.05, 4.69) is 15.0 Å². The third-order valence-corrected chi connectivity index (χ3v) is 2.20. The van der Waals surface area contributed by atoms with Crippen molar-refractivity contribution in [1.82, 2.24) is 15.0 Å². The van der Waals surface area contributed by atoms with Crippen LogP contribution in [0.15, 0.2) is 18.2 Å². The van der Waals surface area contributed by atoms with Crippen LogP contribution in [-0.2, 0) is 0 Å². The maximum Gasteiger partial charge on any atom is 0.297 e. The third kappa shape index (κ3) is 2.44. The Morgan fingerprint density at radius 3 is 2.65 bits per heavy atom. The molecular weight excluding hydrogens is 248 g/mol. The topological polar surface area (TPSA) is 50.8 Å². The largest absolute Gasteiger partial charge is 0.468 e. The molecule has 4 nitrogen and oxygen atoms in total. The van der Waals surface area contributed by atoms with Gasteiger partial charge in [-0.05, 0) is 30.4 Å². The van der Waals surface area contributed by atoms with Gasteiger partial charge in [-0.25, -0.2) is 13.8 Å². The van der Waals surface area contributed by atoms with E-state index in [1.54, 1.807) is 0 Å². The molecule has 1 aromatic carbocycles. The monoisotopic (exact) mass is 255 g/mol. The minimum atomic E-state index is -0.959. The Balaban J connectivity index is 2.55. The van der Waals surface area contributed by atoms with Gasteiger partial charge in [-0.2, -0.15) is 4.98 Å². The molecular formula is C10H7F2N3OS. The van der Waals surface area contributed by atoms with E-state index < -0.39 is 11.6 Å². The second-order valence-corrected chi connectivity index (χ2v) is 3.48. The summed E-state index contributed by atoms with van der Waals surface area (Å²) in [6, 6.07) is 3.56. The zero-order valence-corrected chi connectivity index (χ0v) is 9.52. The number of nitrogens with zero attached hydrogens (tertiary/aromatic N) is 2. The van der Waals surface area contributed by atoms with Gasteiger partial charge < -0.3 is 4.74 Å². The summed E-state index contributed by atoms with van der Waals surface area (Å²) in [5, 5.41) is 0. The Morgan fingerprint density at radius 1 is 1.24 bits per heavy atom. The summed E-state index contributed by atoms with van der Waals surface area (Å²) in [6.07, 6.45) is 0. The second kappa shape index (κ2) is 4.54. The van der Waals surface area contributed by atoms with Crippen LogP contribution >= 0.6 is 12.2 Å². The lowest BCUT2D eigenvalue weighted by Crippen LogP contribution is -1.98. The number of aromatic amines is 1. The number of benzene rings is 1. The van der Waals surface area contributed by atoms with Crippen molar-refractivity contribution in [3.63, 3.8) is 0 Å². The maximum atomic E-state index is 13.1. The SMILES string of the molecule is COc1nc(=S)nc(-c2ccc(F)c(F)c2)[nH]1. The molecule has 0 fully saturated rings. The van der Waals surface area contributed by atoms with Crippen LogP contribution in [0.1, 0.15) is 0 Å². The van der Waals surface area contributed by atoms with Crippen LogP contribution in [0.25, 0.3) is 11.4 Å². The number of aromatic nitrogens is 3. The highest BCUT2D eigenvalue weighted by atomic mass is 32.1. The van der Waals surface area contributed by atoms with Crippen LogP contribution in [0, 0.1) is 16.4 Å². The van der Waals surface area contributed by atoms with Crippen molar-refractivity contribution < 1.29 is 13.5 Å². The first kappa shape index (κ1) is 11.6. The first-order chi connectivity index (χ1) is 8.10. The van der Waals surface area contributed by atoms with E-state index in [0.29, 0.717) is 5.56 Å². The van der Waals surface area contributed by atoms with Crippen LogP contribution in [-0.4, -0.2) is 22.1 Å². The Bertz CT molecular complexity index is 615. The van der Waals surface area contributed by atoms with E-state index in [9.17, 15) is 8.78 Å². The van der Waals surface area contributed by atoms with E-state index in [4.69, 9.17) is 17.0 Å². The summed E-state index contributed by atoms with van der Waals surface area (Å²) in [7, 11) is 1.41. The summed E-state index contributed by atoms with van der Waals surface area (Å²) in [5.41, 5.74) is 0.357. The van der Waals surface area contributed by atoms with E-state index in [0.717, 1.165) is 12.1 Å². The van der Waals surface area contributed by atoms with Crippen molar-refractivity contribution in [3.8, 4) is 17.4 Å². The molecule has 0 atom stereocenters. The first-order valence-electron chi connectivity index (χ1n) is 4.58. The Hall–Kier alpha value is -1.89. The molecule has 0 aliphatic carbocycles. The van der Waals surface area contributed by atoms with Crippen molar-refractivity contribution in [1.29, 1.82) is 0 Å². The molecule has 2 rings (SSSR count). The normalized spacial score (nSPS) is 10.3. The lowest BCUT2D eigenvalue weighted by atomic mass is 10.2. The van der Waals surface area contributed by atoms with Gasteiger partial charge in [0.1, 0.15) is 5.82 Å². The van der Waals surface area contributed by atoms with Crippen LogP contribution in [0.2, 0.25) is 0 Å². The van der Waals surface area contributed by atoms with Crippen LogP contribution in [0.3, 0.4) is 0 Å². The predicted molar refractivity (Wildman–Crippen MR) is 59.1 cm³/mol. The summed E-state index contributed by atoms with van der Waals surface area (Å²) < 4.78 is 30.8. The first-order valence-corrected chi connectivity index (χ1v) is 4.99. The van der Waals surface area contributed by atoms with Gasteiger partial charge in [0.25, 0.3) is 6.01 Å². The highest BCUT2D eigenvalue weighted by molar-refractivity contribution is 7.71. The van der Waals surface area contributed by atoms with Gasteiger partial charge in [0, 0.05) is 5.56 Å². The van der Waals surface area contributed by atoms with Crippen LogP contribution < -0.4 is 4.74 Å². The van der Waals surface area contributed by atoms with Crippen LogP contribution in [0.4, 0.5) is 8.78 Å². The number of halogens is 2. The van der Waals surface area contributed by atoms with E-state index in [1.165, 1.54) is 13.2 Å². The molecule has 2 aromatic rings. The quantitative estimate of drug-likeness (QED) is 0.838. The number of nitrogens with one attached hydrogen (secondary N) is 1. The second-order valence-electron chi connectivity index (χ2n) is 3.12. The lowest BCUT2D eigenvalue weighted by molar-refractivity contribution is 0.378. The molecule has 0 amide bonds. The maximum absolute atomic E-state index is 13.1. The summed E-state index contributed by atoms with van der Waals surface area (Å²) in [4.78, 5) is 10.4. The van der Waals surface area contributed by atoms with E-state index in [-0.39, 0.29) is 16.6 Å². The number of ether oxygens (including phenoxy) is 1. The van der Waals surface area contributed by atoms with Gasteiger partial charge in [0.15, 0.2) is 11.6 Å². The average molecular weight is 255 g/mol. The Morgan fingerprint density at radius 2 is 2.00 bits per heavy atom. The fourth-order valence-corrected chi connectivity index (χ4v) is 1.42. The van der Waals surface area contributed by atoms with Gasteiger partial charge in [-0.1, -0.05) is 0 Å². The highest BCUT2D eigenvalue weighted by Crippen LogP contribution is 2.18. The Kier molecular flexibility index (Phi) is 3.10. The highest BCUT2D eigenvalue weighted by Gasteiger charge is 2.07. The molecule has 0 bridgehead atoms. The molecule has 0 radical (unpaired) electrons. The summed E-state index contributed by atoms with van der Waals surface area (Å²) in [5.74, 6) is -1.62. The number of methoxy groups -OCH3 is 1. The number of hydrogen-bond donors (Lipinski definition) is 1. The minimum absolute atomic E-state index is 0.0559. The van der Waals surface area contributed by atoms with Gasteiger partial charge in [0.05, 0.1) is 7.11 Å². The van der Waals surface area contributed by atoms with E-state index >= 15 is 0 Å². The van der Waals surface area contributed by atoms with Crippen molar-refractivity contribution in [2.24, 2.45) is 0 Å². The van der Waals surface area contributed by atoms with Gasteiger partial charge in [-0.15, -0.1) is 0 Å². The molecule has 0 aliphatic heterocycles. The molecule has 0 spiro atoms. The molecule has 0 saturated heterocycles. The Labute approximate surface area is 100 Å². The number of hydrogen-bond acceptors (Lipinski definition) is 4. The van der Waals surface area contributed by atoms with Gasteiger partial charge >= 0.3 is 0 Å². The van der Waals surface area contributed by atoms with Crippen molar-refractivity contribution >= 4 is 12.2 Å². The molecule has 0 aliphatic rings. The fraction of sp³-hybridized carbons (Fsp3) is 0.100. The predicted octanol–water partition coefficient (Wildman–Crippen LogP) is 2.49. The van der Waals surface area contributed by atoms with Crippen molar-refractivity contribution in [2.45, 2.75) is 0 Å². The molecule has 1 aromatic heterocycles. The molecule has 0 unspecified atom stereocenters. The molecule has 1 heterocycles. The van der Waals surface area contributed by atoms with Crippen molar-refractivity contribution in [2.75, 3.05) is 7.11 Å². The van der Waals surface area contributed by atoms with Crippen LogP contribution in [0.5, 0.6) is 6.01 Å². The fourth-order valence-electron chi connectivity index (χ4n) is 1.24. The minimum Gasteiger partial charge on any atom is -0.468 e. The molecule has 1 N–H and O–H groups in total. The van der Waals surface area contributed by atoms with Gasteiger partial charge in [-0.3, -0.25) is 4.98 Å². The number of rotatable bonds is 2. The standard InChI is InChI=1S/C10H7F2N3OS/c1-16-9-13-8(14-10(17)15-9)5-2-3-6(11)7(12)4-5/h2-4H,1H3,(H,13,14,15,17). The zero-order chi connectivity index (χ0) is 12.4. The zero-order valence-electron chi connectivity index (χ0n) is 8.70. The summed E-state index contributed by atoms with van der Waals surface area (Å²) in [6.45, 7) is 0. The molecule has 0 saturated carbocycles. The molecule has 17 heavy (non-hydrogen) atoms. The third-order valence-electron chi connectivity index (χ3n) is 2.02. The van der Waals surface area contributed by atoms with Gasteiger partial charge in [0.2, 0.25) is 4.77 Å². The molecule has 7 heteroatoms. The molecule has 88 valence electrons. The smallest absolute Gasteiger partial charge is 0.297 e. The lowest BCUT2D eigenvalue weighted by Gasteiger charge is -2.04. The average Bonchev–Trinajstić information content (AvgIpc) is 2.32. The van der Waals surface area contributed by atoms with Crippen molar-refractivity contribution in [3.05, 3.63) is 34.6 Å². The van der Waals surface area contributed by atoms with E-state index in [1.807, 2.05) is 0 Å². The summed E-state index contributed by atoms with van der Waals surface area (Å²) >= 11 is 4.82. The number of H-pyrrole nitrogens is 1.